The van der Waals surface area contributed by atoms with Crippen LogP contribution >= 0.6 is 0 Å². The van der Waals surface area contributed by atoms with Gasteiger partial charge < -0.3 is 16.0 Å². The molecule has 1 fully saturated rings. The van der Waals surface area contributed by atoms with Crippen molar-refractivity contribution in [3.8, 4) is 11.6 Å². The Morgan fingerprint density at radius 1 is 1.26 bits per heavy atom. The van der Waals surface area contributed by atoms with Crippen molar-refractivity contribution in [1.29, 1.82) is 0 Å². The monoisotopic (exact) mass is 430 g/mol. The van der Waals surface area contributed by atoms with Crippen LogP contribution in [0.2, 0.25) is 0 Å². The summed E-state index contributed by atoms with van der Waals surface area (Å²) in [6, 6.07) is 7.45. The molecule has 0 aliphatic heterocycles. The van der Waals surface area contributed by atoms with Crippen molar-refractivity contribution >= 4 is 11.8 Å². The predicted molar refractivity (Wildman–Crippen MR) is 104 cm³/mol. The van der Waals surface area contributed by atoms with E-state index < -0.39 is 36.4 Å². The number of halogens is 2. The highest BCUT2D eigenvalue weighted by molar-refractivity contribution is 5.85. The average molecular weight is 430 g/mol. The van der Waals surface area contributed by atoms with Gasteiger partial charge >= 0.3 is 0 Å². The lowest BCUT2D eigenvalue weighted by Gasteiger charge is -2.15. The summed E-state index contributed by atoms with van der Waals surface area (Å²) in [4.78, 5) is 27.4. The predicted octanol–water partition coefficient (Wildman–Crippen LogP) is 2.16. The van der Waals surface area contributed by atoms with E-state index in [0.717, 1.165) is 30.0 Å². The number of hydrogen-bond donors (Lipinski definition) is 2. The topological polar surface area (TPSA) is 143 Å². The molecule has 9 nitrogen and oxygen atoms in total. The zero-order valence-corrected chi connectivity index (χ0v) is 16.6. The molecule has 4 rings (SSSR count). The Balaban J connectivity index is 1.72. The zero-order valence-electron chi connectivity index (χ0n) is 16.6. The average Bonchev–Trinajstić information content (AvgIpc) is 3.15. The van der Waals surface area contributed by atoms with E-state index in [2.05, 4.69) is 15.2 Å². The summed E-state index contributed by atoms with van der Waals surface area (Å²) in [7, 11) is 0. The SMILES string of the molecule is Cc1ccccc1C1(c2noc(-c3cc(C(F)F)n(C(CC(N)=O)C(N)=O)n3)n2)CC1. The minimum absolute atomic E-state index is 0.0506. The molecule has 0 saturated heterocycles. The summed E-state index contributed by atoms with van der Waals surface area (Å²) >= 11 is 0. The first-order valence-electron chi connectivity index (χ1n) is 9.59. The van der Waals surface area contributed by atoms with Crippen LogP contribution in [-0.4, -0.2) is 31.7 Å². The Kier molecular flexibility index (Phi) is 5.03. The number of nitrogens with zero attached hydrogens (tertiary/aromatic N) is 4. The molecule has 2 aromatic heterocycles. The van der Waals surface area contributed by atoms with E-state index in [1.165, 1.54) is 0 Å². The lowest BCUT2D eigenvalue weighted by molar-refractivity contribution is -0.126. The number of benzene rings is 1. The highest BCUT2D eigenvalue weighted by Crippen LogP contribution is 2.53. The number of nitrogens with two attached hydrogens (primary N) is 2. The fourth-order valence-electron chi connectivity index (χ4n) is 3.79. The second-order valence-electron chi connectivity index (χ2n) is 7.61. The summed E-state index contributed by atoms with van der Waals surface area (Å²) in [6.07, 6.45) is -1.90. The van der Waals surface area contributed by atoms with Crippen molar-refractivity contribution in [2.24, 2.45) is 11.5 Å². The molecule has 1 atom stereocenters. The second-order valence-corrected chi connectivity index (χ2v) is 7.61. The fraction of sp³-hybridized carbons (Fsp3) is 0.350. The van der Waals surface area contributed by atoms with E-state index in [4.69, 9.17) is 16.0 Å². The van der Waals surface area contributed by atoms with Gasteiger partial charge in [0.15, 0.2) is 11.5 Å². The lowest BCUT2D eigenvalue weighted by atomic mass is 9.91. The van der Waals surface area contributed by atoms with Gasteiger partial charge in [0, 0.05) is 0 Å². The minimum atomic E-state index is -2.99. The number of rotatable bonds is 8. The molecule has 11 heteroatoms. The van der Waals surface area contributed by atoms with E-state index in [-0.39, 0.29) is 17.0 Å². The molecule has 1 saturated carbocycles. The Morgan fingerprint density at radius 3 is 2.55 bits per heavy atom. The number of hydrogen-bond acceptors (Lipinski definition) is 6. The van der Waals surface area contributed by atoms with Gasteiger partial charge in [-0.2, -0.15) is 10.1 Å². The summed E-state index contributed by atoms with van der Waals surface area (Å²) in [5.74, 6) is -1.53. The minimum Gasteiger partial charge on any atom is -0.370 e. The molecule has 162 valence electrons. The molecular weight excluding hydrogens is 410 g/mol. The van der Waals surface area contributed by atoms with Crippen molar-refractivity contribution in [3.05, 3.63) is 53.0 Å². The van der Waals surface area contributed by atoms with E-state index in [1.807, 2.05) is 31.2 Å². The van der Waals surface area contributed by atoms with Gasteiger partial charge in [-0.1, -0.05) is 29.4 Å². The van der Waals surface area contributed by atoms with Crippen molar-refractivity contribution in [2.45, 2.75) is 44.1 Å². The van der Waals surface area contributed by atoms with Crippen LogP contribution in [0.15, 0.2) is 34.9 Å². The van der Waals surface area contributed by atoms with Crippen molar-refractivity contribution in [1.82, 2.24) is 19.9 Å². The van der Waals surface area contributed by atoms with Gasteiger partial charge in [0.05, 0.1) is 11.8 Å². The van der Waals surface area contributed by atoms with Crippen molar-refractivity contribution in [2.75, 3.05) is 0 Å². The third-order valence-corrected chi connectivity index (χ3v) is 5.49. The molecule has 0 spiro atoms. The van der Waals surface area contributed by atoms with Gasteiger partial charge in [0.2, 0.25) is 11.8 Å². The molecular formula is C20H20F2N6O3. The van der Waals surface area contributed by atoms with E-state index >= 15 is 0 Å². The molecule has 0 bridgehead atoms. The maximum atomic E-state index is 13.6. The lowest BCUT2D eigenvalue weighted by Crippen LogP contribution is -2.32. The number of aryl methyl sites for hydroxylation is 1. The van der Waals surface area contributed by atoms with Crippen LogP contribution in [-0.2, 0) is 15.0 Å². The Morgan fingerprint density at radius 2 is 1.97 bits per heavy atom. The maximum absolute atomic E-state index is 13.6. The highest BCUT2D eigenvalue weighted by atomic mass is 19.3. The normalized spacial score (nSPS) is 15.7. The largest absolute Gasteiger partial charge is 0.370 e. The van der Waals surface area contributed by atoms with Crippen LogP contribution < -0.4 is 11.5 Å². The highest BCUT2D eigenvalue weighted by Gasteiger charge is 2.50. The van der Waals surface area contributed by atoms with Gasteiger partial charge in [0.1, 0.15) is 11.7 Å². The summed E-state index contributed by atoms with van der Waals surface area (Å²) < 4.78 is 33.2. The molecule has 31 heavy (non-hydrogen) atoms. The standard InChI is InChI=1S/C20H20F2N6O3/c1-10-4-2-3-5-11(10)20(6-7-20)19-25-18(31-27-19)12-8-13(16(21)22)28(26-12)14(17(24)30)9-15(23)29/h2-5,8,14,16H,6-7,9H2,1H3,(H2,23,29)(H2,24,30). The maximum Gasteiger partial charge on any atom is 0.280 e. The van der Waals surface area contributed by atoms with Gasteiger partial charge in [-0.25, -0.2) is 13.5 Å². The van der Waals surface area contributed by atoms with E-state index in [9.17, 15) is 18.4 Å². The van der Waals surface area contributed by atoms with Crippen LogP contribution in [0.1, 0.15) is 54.4 Å². The summed E-state index contributed by atoms with van der Waals surface area (Å²) in [5, 5.41) is 8.08. The third-order valence-electron chi connectivity index (χ3n) is 5.49. The Labute approximate surface area is 175 Å². The first-order valence-corrected chi connectivity index (χ1v) is 9.59. The number of carbonyl (C=O) groups excluding carboxylic acids is 2. The molecule has 4 N–H and O–H groups in total. The summed E-state index contributed by atoms with van der Waals surface area (Å²) in [6.45, 7) is 2.00. The number of aromatic nitrogens is 4. The molecule has 2 amide bonds. The van der Waals surface area contributed by atoms with Crippen LogP contribution in [0.25, 0.3) is 11.6 Å². The Hall–Kier alpha value is -3.63. The van der Waals surface area contributed by atoms with Gasteiger partial charge in [-0.3, -0.25) is 9.59 Å². The fourth-order valence-corrected chi connectivity index (χ4v) is 3.79. The number of alkyl halides is 2. The van der Waals surface area contributed by atoms with Crippen LogP contribution in [0.3, 0.4) is 0 Å². The van der Waals surface area contributed by atoms with E-state index in [0.29, 0.717) is 10.5 Å². The smallest absolute Gasteiger partial charge is 0.280 e. The molecule has 1 aliphatic carbocycles. The molecule has 3 aromatic rings. The Bertz CT molecular complexity index is 1150. The van der Waals surface area contributed by atoms with Gasteiger partial charge in [0.25, 0.3) is 12.3 Å². The zero-order chi connectivity index (χ0) is 22.3. The second kappa shape index (κ2) is 7.56. The number of carbonyl (C=O) groups is 2. The van der Waals surface area contributed by atoms with Crippen LogP contribution in [0.4, 0.5) is 8.78 Å². The molecule has 1 aliphatic rings. The van der Waals surface area contributed by atoms with E-state index in [1.54, 1.807) is 0 Å². The third kappa shape index (κ3) is 3.66. The number of amides is 2. The molecule has 0 radical (unpaired) electrons. The molecule has 1 unspecified atom stereocenters. The first kappa shape index (κ1) is 20.6. The van der Waals surface area contributed by atoms with Crippen LogP contribution in [0.5, 0.6) is 0 Å². The molecule has 2 heterocycles. The first-order chi connectivity index (χ1) is 14.7. The molecule has 1 aromatic carbocycles. The van der Waals surface area contributed by atoms with Crippen molar-refractivity contribution < 1.29 is 22.9 Å². The summed E-state index contributed by atoms with van der Waals surface area (Å²) in [5.41, 5.74) is 11.5. The van der Waals surface area contributed by atoms with Crippen LogP contribution in [0, 0.1) is 6.92 Å². The number of primary amides is 2. The quantitative estimate of drug-likeness (QED) is 0.561. The van der Waals surface area contributed by atoms with Gasteiger partial charge in [-0.15, -0.1) is 0 Å². The van der Waals surface area contributed by atoms with Gasteiger partial charge in [-0.05, 0) is 37.0 Å². The van der Waals surface area contributed by atoms with Crippen molar-refractivity contribution in [3.63, 3.8) is 0 Å².